The molecule has 0 aromatic rings. The lowest BCUT2D eigenvalue weighted by atomic mass is 9.91. The van der Waals surface area contributed by atoms with Crippen molar-refractivity contribution < 1.29 is 0 Å². The fraction of sp³-hybridized carbons (Fsp3) is 0.636. The van der Waals surface area contributed by atoms with E-state index >= 15 is 0 Å². The molecule has 0 aromatic carbocycles. The highest BCUT2D eigenvalue weighted by molar-refractivity contribution is 9.11. The van der Waals surface area contributed by atoms with E-state index in [9.17, 15) is 0 Å². The highest BCUT2D eigenvalue weighted by atomic mass is 79.9. The van der Waals surface area contributed by atoms with Crippen molar-refractivity contribution in [3.63, 3.8) is 0 Å². The molecule has 3 atom stereocenters. The van der Waals surface area contributed by atoms with Crippen molar-refractivity contribution in [2.75, 3.05) is 6.54 Å². The average Bonchev–Trinajstić information content (AvgIpc) is 2.49. The lowest BCUT2D eigenvalue weighted by Gasteiger charge is -2.27. The van der Waals surface area contributed by atoms with Crippen LogP contribution in [0.3, 0.4) is 0 Å². The second kappa shape index (κ2) is 3.97. The van der Waals surface area contributed by atoms with Crippen LogP contribution in [-0.2, 0) is 0 Å². The Morgan fingerprint density at radius 2 is 2.46 bits per heavy atom. The molecule has 0 amide bonds. The van der Waals surface area contributed by atoms with E-state index in [0.717, 1.165) is 18.4 Å². The lowest BCUT2D eigenvalue weighted by Crippen LogP contribution is -2.37. The minimum absolute atomic E-state index is 0.553. The van der Waals surface area contributed by atoms with Crippen LogP contribution >= 0.6 is 15.9 Å². The van der Waals surface area contributed by atoms with Crippen LogP contribution in [0, 0.1) is 11.8 Å². The summed E-state index contributed by atoms with van der Waals surface area (Å²) in [6.07, 6.45) is 8.46. The van der Waals surface area contributed by atoms with Gasteiger partial charge in [-0.15, -0.1) is 6.58 Å². The minimum atomic E-state index is 0.553. The number of halogens is 1. The van der Waals surface area contributed by atoms with Gasteiger partial charge in [0.25, 0.3) is 0 Å². The second-order valence-corrected chi connectivity index (χ2v) is 4.98. The highest BCUT2D eigenvalue weighted by Gasteiger charge is 2.35. The van der Waals surface area contributed by atoms with E-state index in [4.69, 9.17) is 0 Å². The summed E-state index contributed by atoms with van der Waals surface area (Å²) in [6.45, 7) is 4.65. The van der Waals surface area contributed by atoms with Crippen molar-refractivity contribution in [3.05, 3.63) is 23.2 Å². The van der Waals surface area contributed by atoms with Gasteiger partial charge in [0.15, 0.2) is 0 Å². The van der Waals surface area contributed by atoms with Crippen molar-refractivity contribution in [1.82, 2.24) is 5.32 Å². The summed E-state index contributed by atoms with van der Waals surface area (Å²) in [5, 5.41) is 3.52. The van der Waals surface area contributed by atoms with Crippen LogP contribution < -0.4 is 5.32 Å². The van der Waals surface area contributed by atoms with Gasteiger partial charge < -0.3 is 5.32 Å². The molecule has 2 aliphatic carbocycles. The fourth-order valence-corrected chi connectivity index (χ4v) is 3.44. The van der Waals surface area contributed by atoms with Gasteiger partial charge >= 0.3 is 0 Å². The summed E-state index contributed by atoms with van der Waals surface area (Å²) in [5.41, 5.74) is 0. The van der Waals surface area contributed by atoms with Gasteiger partial charge in [-0.05, 0) is 31.1 Å². The number of rotatable bonds is 3. The molecular formula is C11H16BrN. The van der Waals surface area contributed by atoms with Gasteiger partial charge in [-0.3, -0.25) is 0 Å². The number of hydrogen-bond acceptors (Lipinski definition) is 1. The molecule has 0 heterocycles. The number of hydrogen-bond donors (Lipinski definition) is 1. The number of fused-ring (bicyclic) bond motifs is 2. The van der Waals surface area contributed by atoms with Crippen LogP contribution in [0.2, 0.25) is 0 Å². The molecule has 2 aliphatic rings. The summed E-state index contributed by atoms with van der Waals surface area (Å²) in [7, 11) is 0. The van der Waals surface area contributed by atoms with Crippen LogP contribution in [0.25, 0.3) is 0 Å². The molecule has 2 rings (SSSR count). The van der Waals surface area contributed by atoms with E-state index in [2.05, 4.69) is 33.9 Å². The third kappa shape index (κ3) is 1.89. The Bertz CT molecular complexity index is 234. The van der Waals surface area contributed by atoms with Crippen molar-refractivity contribution in [2.45, 2.75) is 25.3 Å². The van der Waals surface area contributed by atoms with Crippen molar-refractivity contribution in [1.29, 1.82) is 0 Å². The first-order chi connectivity index (χ1) is 6.31. The molecule has 1 saturated carbocycles. The predicted molar refractivity (Wildman–Crippen MR) is 59.8 cm³/mol. The second-order valence-electron chi connectivity index (χ2n) is 4.06. The molecule has 0 radical (unpaired) electrons. The van der Waals surface area contributed by atoms with Crippen molar-refractivity contribution in [2.24, 2.45) is 11.8 Å². The molecule has 1 nitrogen and oxygen atoms in total. The maximum absolute atomic E-state index is 3.73. The molecule has 1 fully saturated rings. The maximum atomic E-state index is 3.73. The molecule has 1 N–H and O–H groups in total. The van der Waals surface area contributed by atoms with Gasteiger partial charge in [-0.1, -0.05) is 28.1 Å². The monoisotopic (exact) mass is 241 g/mol. The normalized spacial score (nSPS) is 37.3. The van der Waals surface area contributed by atoms with Crippen molar-refractivity contribution in [3.8, 4) is 0 Å². The van der Waals surface area contributed by atoms with Gasteiger partial charge in [-0.2, -0.15) is 0 Å². The Labute approximate surface area is 88.4 Å². The Hall–Kier alpha value is -0.0800. The van der Waals surface area contributed by atoms with E-state index in [1.807, 2.05) is 6.08 Å². The quantitative estimate of drug-likeness (QED) is 0.750. The van der Waals surface area contributed by atoms with Crippen LogP contribution in [0.4, 0.5) is 0 Å². The summed E-state index contributed by atoms with van der Waals surface area (Å²) >= 11 is 3.67. The zero-order chi connectivity index (χ0) is 9.26. The predicted octanol–water partition coefficient (Wildman–Crippen LogP) is 2.84. The third-order valence-electron chi connectivity index (χ3n) is 3.16. The maximum Gasteiger partial charge on any atom is 0.0414 e. The average molecular weight is 242 g/mol. The SMILES string of the molecule is C=CCN[C@@H]1C(Br)=C[C@H]2CC[C@@H]1C2. The summed E-state index contributed by atoms with van der Waals surface area (Å²) in [4.78, 5) is 0. The highest BCUT2D eigenvalue weighted by Crippen LogP contribution is 2.42. The zero-order valence-corrected chi connectivity index (χ0v) is 9.39. The minimum Gasteiger partial charge on any atom is -0.306 e. The molecule has 2 bridgehead atoms. The zero-order valence-electron chi connectivity index (χ0n) is 7.80. The molecule has 13 heavy (non-hydrogen) atoms. The molecule has 0 saturated heterocycles. The molecule has 0 aromatic heterocycles. The van der Waals surface area contributed by atoms with E-state index in [-0.39, 0.29) is 0 Å². The van der Waals surface area contributed by atoms with E-state index in [0.29, 0.717) is 6.04 Å². The fourth-order valence-electron chi connectivity index (χ4n) is 2.54. The van der Waals surface area contributed by atoms with E-state index in [1.165, 1.54) is 23.7 Å². The first-order valence-corrected chi connectivity index (χ1v) is 5.82. The number of allylic oxidation sites excluding steroid dienone is 1. The van der Waals surface area contributed by atoms with Crippen LogP contribution in [0.5, 0.6) is 0 Å². The van der Waals surface area contributed by atoms with E-state index in [1.54, 1.807) is 0 Å². The summed E-state index contributed by atoms with van der Waals surface area (Å²) in [5.74, 6) is 1.70. The molecule has 2 heteroatoms. The van der Waals surface area contributed by atoms with Crippen LogP contribution in [-0.4, -0.2) is 12.6 Å². The van der Waals surface area contributed by atoms with Gasteiger partial charge in [0.2, 0.25) is 0 Å². The Morgan fingerprint density at radius 1 is 1.62 bits per heavy atom. The first-order valence-electron chi connectivity index (χ1n) is 5.02. The molecule has 0 unspecified atom stereocenters. The third-order valence-corrected chi connectivity index (χ3v) is 3.92. The Morgan fingerprint density at radius 3 is 3.23 bits per heavy atom. The lowest BCUT2D eigenvalue weighted by molar-refractivity contribution is 0.402. The van der Waals surface area contributed by atoms with Crippen LogP contribution in [0.1, 0.15) is 19.3 Å². The largest absolute Gasteiger partial charge is 0.306 e. The number of nitrogens with one attached hydrogen (secondary N) is 1. The Balaban J connectivity index is 2.04. The van der Waals surface area contributed by atoms with Crippen LogP contribution in [0.15, 0.2) is 23.2 Å². The van der Waals surface area contributed by atoms with Gasteiger partial charge in [0.05, 0.1) is 0 Å². The summed E-state index contributed by atoms with van der Waals surface area (Å²) in [6, 6.07) is 0.553. The van der Waals surface area contributed by atoms with Gasteiger partial charge in [-0.25, -0.2) is 0 Å². The molecule has 0 spiro atoms. The Kier molecular flexibility index (Phi) is 2.89. The standard InChI is InChI=1S/C11H16BrN/c1-2-5-13-11-9-4-3-8(6-9)7-10(11)12/h2,7-9,11,13H,1,3-6H2/t8-,9+,11-/m0/s1. The molecule has 72 valence electrons. The van der Waals surface area contributed by atoms with E-state index < -0.39 is 0 Å². The smallest absolute Gasteiger partial charge is 0.0414 e. The molecular weight excluding hydrogens is 226 g/mol. The van der Waals surface area contributed by atoms with Gasteiger partial charge in [0, 0.05) is 17.1 Å². The molecule has 0 aliphatic heterocycles. The topological polar surface area (TPSA) is 12.0 Å². The van der Waals surface area contributed by atoms with Gasteiger partial charge in [0.1, 0.15) is 0 Å². The summed E-state index contributed by atoms with van der Waals surface area (Å²) < 4.78 is 1.37. The van der Waals surface area contributed by atoms with Crippen molar-refractivity contribution >= 4 is 15.9 Å². The first kappa shape index (κ1) is 9.47.